The zero-order valence-electron chi connectivity index (χ0n) is 17.0. The SMILES string of the molecule is Cc1cc(CSc2ncccc2C(=O)NC(C)c2cccc(OC(C)C)c2)no1. The van der Waals surface area contributed by atoms with E-state index in [1.54, 1.807) is 18.3 Å². The van der Waals surface area contributed by atoms with Crippen molar-refractivity contribution in [3.05, 3.63) is 71.2 Å². The lowest BCUT2D eigenvalue weighted by atomic mass is 10.1. The first-order chi connectivity index (χ1) is 13.9. The Kier molecular flexibility index (Phi) is 6.93. The van der Waals surface area contributed by atoms with Gasteiger partial charge >= 0.3 is 0 Å². The molecular formula is C22H25N3O3S. The first-order valence-corrected chi connectivity index (χ1v) is 10.5. The third-order valence-electron chi connectivity index (χ3n) is 4.13. The van der Waals surface area contributed by atoms with Crippen LogP contribution in [0.4, 0.5) is 0 Å². The molecule has 0 bridgehead atoms. The summed E-state index contributed by atoms with van der Waals surface area (Å²) in [5.41, 5.74) is 2.34. The van der Waals surface area contributed by atoms with Crippen molar-refractivity contribution in [1.82, 2.24) is 15.5 Å². The second kappa shape index (κ2) is 9.60. The lowest BCUT2D eigenvalue weighted by Gasteiger charge is -2.17. The highest BCUT2D eigenvalue weighted by atomic mass is 32.2. The summed E-state index contributed by atoms with van der Waals surface area (Å²) in [5.74, 6) is 1.97. The molecule has 1 unspecified atom stereocenters. The number of pyridine rings is 1. The first-order valence-electron chi connectivity index (χ1n) is 9.50. The van der Waals surface area contributed by atoms with Crippen molar-refractivity contribution in [1.29, 1.82) is 0 Å². The van der Waals surface area contributed by atoms with Crippen LogP contribution < -0.4 is 10.1 Å². The fourth-order valence-corrected chi connectivity index (χ4v) is 3.67. The Morgan fingerprint density at radius 1 is 1.21 bits per heavy atom. The van der Waals surface area contributed by atoms with E-state index in [-0.39, 0.29) is 18.1 Å². The number of benzene rings is 1. The molecule has 1 N–H and O–H groups in total. The second-order valence-electron chi connectivity index (χ2n) is 7.01. The van der Waals surface area contributed by atoms with Gasteiger partial charge in [-0.15, -0.1) is 0 Å². The van der Waals surface area contributed by atoms with E-state index in [4.69, 9.17) is 9.26 Å². The summed E-state index contributed by atoms with van der Waals surface area (Å²) in [7, 11) is 0. The average molecular weight is 412 g/mol. The Hall–Kier alpha value is -2.80. The molecule has 152 valence electrons. The van der Waals surface area contributed by atoms with E-state index in [1.165, 1.54) is 11.8 Å². The monoisotopic (exact) mass is 411 g/mol. The Morgan fingerprint density at radius 2 is 2.03 bits per heavy atom. The van der Waals surface area contributed by atoms with Crippen molar-refractivity contribution < 1.29 is 14.1 Å². The van der Waals surface area contributed by atoms with E-state index >= 15 is 0 Å². The summed E-state index contributed by atoms with van der Waals surface area (Å²) >= 11 is 1.46. The van der Waals surface area contributed by atoms with Crippen molar-refractivity contribution in [3.63, 3.8) is 0 Å². The Balaban J connectivity index is 1.69. The maximum absolute atomic E-state index is 12.9. The van der Waals surface area contributed by atoms with Gasteiger partial charge in [0.25, 0.3) is 5.91 Å². The largest absolute Gasteiger partial charge is 0.491 e. The van der Waals surface area contributed by atoms with E-state index in [2.05, 4.69) is 15.5 Å². The topological polar surface area (TPSA) is 77.2 Å². The molecule has 0 aliphatic carbocycles. The van der Waals surface area contributed by atoms with Crippen LogP contribution in [0.1, 0.15) is 54.2 Å². The number of carbonyl (C=O) groups excluding carboxylic acids is 1. The number of rotatable bonds is 8. The summed E-state index contributed by atoms with van der Waals surface area (Å²) in [6.07, 6.45) is 1.78. The van der Waals surface area contributed by atoms with Gasteiger partial charge in [0.2, 0.25) is 0 Å². The predicted molar refractivity (Wildman–Crippen MR) is 113 cm³/mol. The van der Waals surface area contributed by atoms with Crippen LogP contribution >= 0.6 is 11.8 Å². The van der Waals surface area contributed by atoms with Crippen LogP contribution in [0.15, 0.2) is 58.2 Å². The normalized spacial score (nSPS) is 12.0. The Labute approximate surface area is 175 Å². The van der Waals surface area contributed by atoms with Crippen molar-refractivity contribution in [3.8, 4) is 5.75 Å². The quantitative estimate of drug-likeness (QED) is 0.529. The number of carbonyl (C=O) groups is 1. The minimum Gasteiger partial charge on any atom is -0.491 e. The zero-order chi connectivity index (χ0) is 20.8. The van der Waals surface area contributed by atoms with E-state index in [1.807, 2.05) is 58.0 Å². The van der Waals surface area contributed by atoms with Crippen molar-refractivity contribution in [2.45, 2.75) is 50.6 Å². The van der Waals surface area contributed by atoms with E-state index < -0.39 is 0 Å². The third kappa shape index (κ3) is 5.84. The number of nitrogens with zero attached hydrogens (tertiary/aromatic N) is 2. The van der Waals surface area contributed by atoms with Gasteiger partial charge in [-0.05, 0) is 57.5 Å². The van der Waals surface area contributed by atoms with Gasteiger partial charge < -0.3 is 14.6 Å². The number of aryl methyl sites for hydroxylation is 1. The summed E-state index contributed by atoms with van der Waals surface area (Å²) in [6, 6.07) is 13.0. The summed E-state index contributed by atoms with van der Waals surface area (Å²) in [6.45, 7) is 7.77. The molecule has 0 spiro atoms. The zero-order valence-corrected chi connectivity index (χ0v) is 17.8. The first kappa shape index (κ1) is 20.9. The lowest BCUT2D eigenvalue weighted by molar-refractivity contribution is 0.0936. The summed E-state index contributed by atoms with van der Waals surface area (Å²) in [4.78, 5) is 17.3. The fourth-order valence-electron chi connectivity index (χ4n) is 2.79. The number of hydrogen-bond donors (Lipinski definition) is 1. The molecule has 3 rings (SSSR count). The van der Waals surface area contributed by atoms with Crippen LogP contribution in [0.3, 0.4) is 0 Å². The highest BCUT2D eigenvalue weighted by molar-refractivity contribution is 7.98. The number of ether oxygens (including phenoxy) is 1. The number of amides is 1. The van der Waals surface area contributed by atoms with Gasteiger partial charge in [-0.1, -0.05) is 29.1 Å². The standard InChI is InChI=1S/C22H25N3O3S/c1-14(2)27-19-8-5-7-17(12-19)16(4)24-21(26)20-9-6-10-23-22(20)29-13-18-11-15(3)28-25-18/h5-12,14,16H,13H2,1-4H3,(H,24,26). The fraction of sp³-hybridized carbons (Fsp3) is 0.318. The molecule has 2 aromatic heterocycles. The molecule has 0 saturated carbocycles. The molecule has 3 aromatic rings. The number of aromatic nitrogens is 2. The average Bonchev–Trinajstić information content (AvgIpc) is 3.11. The van der Waals surface area contributed by atoms with Crippen molar-refractivity contribution in [2.75, 3.05) is 0 Å². The Bertz CT molecular complexity index is 971. The van der Waals surface area contributed by atoms with Crippen molar-refractivity contribution in [2.24, 2.45) is 0 Å². The Morgan fingerprint density at radius 3 is 2.76 bits per heavy atom. The van der Waals surface area contributed by atoms with Crippen LogP contribution in [0.5, 0.6) is 5.75 Å². The molecule has 1 aromatic carbocycles. The van der Waals surface area contributed by atoms with Crippen molar-refractivity contribution >= 4 is 17.7 Å². The lowest BCUT2D eigenvalue weighted by Crippen LogP contribution is -2.27. The van der Waals surface area contributed by atoms with Crippen LogP contribution in [-0.4, -0.2) is 22.2 Å². The second-order valence-corrected chi connectivity index (χ2v) is 7.97. The molecule has 0 aliphatic heterocycles. The minimum atomic E-state index is -0.172. The van der Waals surface area contributed by atoms with Gasteiger partial charge in [0.1, 0.15) is 16.5 Å². The number of thioether (sulfide) groups is 1. The van der Waals surface area contributed by atoms with Crippen LogP contribution in [-0.2, 0) is 5.75 Å². The van der Waals surface area contributed by atoms with Gasteiger partial charge in [-0.3, -0.25) is 4.79 Å². The third-order valence-corrected chi connectivity index (χ3v) is 5.17. The molecule has 29 heavy (non-hydrogen) atoms. The van der Waals surface area contributed by atoms with Gasteiger partial charge in [0.05, 0.1) is 23.4 Å². The molecule has 0 fully saturated rings. The van der Waals surface area contributed by atoms with Gasteiger partial charge in [0.15, 0.2) is 0 Å². The highest BCUT2D eigenvalue weighted by Crippen LogP contribution is 2.25. The molecule has 0 aliphatic rings. The smallest absolute Gasteiger partial charge is 0.254 e. The molecule has 1 amide bonds. The maximum atomic E-state index is 12.9. The van der Waals surface area contributed by atoms with E-state index in [0.717, 1.165) is 22.8 Å². The summed E-state index contributed by atoms with van der Waals surface area (Å²) < 4.78 is 10.8. The van der Waals surface area contributed by atoms with Gasteiger partial charge in [-0.2, -0.15) is 0 Å². The van der Waals surface area contributed by atoms with Gasteiger partial charge in [0, 0.05) is 18.0 Å². The van der Waals surface area contributed by atoms with Gasteiger partial charge in [-0.25, -0.2) is 4.98 Å². The van der Waals surface area contributed by atoms with E-state index in [9.17, 15) is 4.79 Å². The summed E-state index contributed by atoms with van der Waals surface area (Å²) in [5, 5.41) is 7.70. The minimum absolute atomic E-state index is 0.0960. The molecule has 2 heterocycles. The van der Waals surface area contributed by atoms with Crippen LogP contribution in [0.2, 0.25) is 0 Å². The maximum Gasteiger partial charge on any atom is 0.254 e. The molecule has 1 atom stereocenters. The predicted octanol–water partition coefficient (Wildman–Crippen LogP) is 4.95. The van der Waals surface area contributed by atoms with Crippen LogP contribution in [0, 0.1) is 6.92 Å². The number of nitrogens with one attached hydrogen (secondary N) is 1. The number of hydrogen-bond acceptors (Lipinski definition) is 6. The van der Waals surface area contributed by atoms with Crippen LogP contribution in [0.25, 0.3) is 0 Å². The highest BCUT2D eigenvalue weighted by Gasteiger charge is 2.17. The molecule has 0 saturated heterocycles. The molecule has 0 radical (unpaired) electrons. The molecular weight excluding hydrogens is 386 g/mol. The molecule has 7 heteroatoms. The van der Waals surface area contributed by atoms with E-state index in [0.29, 0.717) is 16.3 Å². The molecule has 6 nitrogen and oxygen atoms in total.